The minimum Gasteiger partial charge on any atom is -0.481 e. The van der Waals surface area contributed by atoms with Crippen molar-refractivity contribution in [2.24, 2.45) is 0 Å². The van der Waals surface area contributed by atoms with E-state index in [9.17, 15) is 14.3 Å². The monoisotopic (exact) mass is 318 g/mol. The molecular weight excluding hydrogens is 295 g/mol. The molecule has 124 valence electrons. The maximum Gasteiger partial charge on any atom is 0.307 e. The van der Waals surface area contributed by atoms with Crippen molar-refractivity contribution < 1.29 is 14.3 Å². The van der Waals surface area contributed by atoms with Crippen LogP contribution in [0.5, 0.6) is 0 Å². The van der Waals surface area contributed by atoms with Gasteiger partial charge in [-0.25, -0.2) is 4.39 Å². The zero-order chi connectivity index (χ0) is 17.0. The number of hydrogen-bond donors (Lipinski definition) is 1. The number of rotatable bonds is 7. The molecule has 0 saturated carbocycles. The number of fused-ring (bicyclic) bond motifs is 1. The van der Waals surface area contributed by atoms with Gasteiger partial charge in [0.2, 0.25) is 0 Å². The molecule has 0 amide bonds. The van der Waals surface area contributed by atoms with E-state index in [0.29, 0.717) is 22.2 Å². The van der Waals surface area contributed by atoms with Crippen molar-refractivity contribution in [2.75, 3.05) is 18.0 Å². The Morgan fingerprint density at radius 3 is 2.48 bits per heavy atom. The van der Waals surface area contributed by atoms with Crippen LogP contribution in [0.4, 0.5) is 10.1 Å². The van der Waals surface area contributed by atoms with Gasteiger partial charge in [0.05, 0.1) is 17.6 Å². The van der Waals surface area contributed by atoms with Crippen molar-refractivity contribution in [3.05, 3.63) is 35.3 Å². The molecule has 2 aromatic rings. The van der Waals surface area contributed by atoms with Crippen molar-refractivity contribution in [2.45, 2.75) is 40.0 Å². The van der Waals surface area contributed by atoms with Crippen LogP contribution in [0.1, 0.15) is 37.9 Å². The molecule has 0 fully saturated rings. The lowest BCUT2D eigenvalue weighted by molar-refractivity contribution is -0.136. The van der Waals surface area contributed by atoms with E-state index in [1.807, 2.05) is 6.92 Å². The molecule has 2 rings (SSSR count). The molecule has 23 heavy (non-hydrogen) atoms. The van der Waals surface area contributed by atoms with Gasteiger partial charge in [-0.05, 0) is 38.0 Å². The predicted molar refractivity (Wildman–Crippen MR) is 90.6 cm³/mol. The van der Waals surface area contributed by atoms with E-state index in [2.05, 4.69) is 23.7 Å². The van der Waals surface area contributed by atoms with Crippen LogP contribution in [0.15, 0.2) is 18.2 Å². The fourth-order valence-corrected chi connectivity index (χ4v) is 2.98. The molecule has 0 unspecified atom stereocenters. The van der Waals surface area contributed by atoms with Crippen molar-refractivity contribution in [3.8, 4) is 0 Å². The number of aliphatic carboxylic acids is 1. The van der Waals surface area contributed by atoms with E-state index in [-0.39, 0.29) is 12.2 Å². The summed E-state index contributed by atoms with van der Waals surface area (Å²) in [6.45, 7) is 7.58. The van der Waals surface area contributed by atoms with Crippen molar-refractivity contribution in [1.29, 1.82) is 0 Å². The fraction of sp³-hybridized carbons (Fsp3) is 0.444. The van der Waals surface area contributed by atoms with E-state index < -0.39 is 5.97 Å². The van der Waals surface area contributed by atoms with Crippen LogP contribution in [0.2, 0.25) is 0 Å². The van der Waals surface area contributed by atoms with E-state index >= 15 is 0 Å². The standard InChI is InChI=1S/C18H23FN2O2/c1-4-8-21(9-5-2)18-14(11-17(22)23)12(3)20-16-7-6-13(19)10-15(16)18/h6-7,10H,4-5,8-9,11H2,1-3H3,(H,22,23). The summed E-state index contributed by atoms with van der Waals surface area (Å²) in [5, 5.41) is 9.95. The number of halogens is 1. The molecule has 1 aromatic carbocycles. The molecule has 0 atom stereocenters. The highest BCUT2D eigenvalue weighted by Gasteiger charge is 2.20. The summed E-state index contributed by atoms with van der Waals surface area (Å²) >= 11 is 0. The maximum atomic E-state index is 13.8. The average molecular weight is 318 g/mol. The first-order valence-corrected chi connectivity index (χ1v) is 8.03. The Bertz CT molecular complexity index is 710. The molecule has 0 spiro atoms. The Hall–Kier alpha value is -2.17. The number of benzene rings is 1. The SMILES string of the molecule is CCCN(CCC)c1c(CC(=O)O)c(C)nc2ccc(F)cc12. The minimum absolute atomic E-state index is 0.107. The molecular formula is C18H23FN2O2. The van der Waals surface area contributed by atoms with Gasteiger partial charge in [0, 0.05) is 29.7 Å². The summed E-state index contributed by atoms with van der Waals surface area (Å²) in [5.74, 6) is -1.24. The van der Waals surface area contributed by atoms with Crippen LogP contribution in [-0.2, 0) is 11.2 Å². The summed E-state index contributed by atoms with van der Waals surface area (Å²) in [6, 6.07) is 4.50. The molecule has 1 N–H and O–H groups in total. The minimum atomic E-state index is -0.903. The van der Waals surface area contributed by atoms with Gasteiger partial charge in [-0.3, -0.25) is 9.78 Å². The Kier molecular flexibility index (Phi) is 5.53. The Morgan fingerprint density at radius 2 is 1.91 bits per heavy atom. The largest absolute Gasteiger partial charge is 0.481 e. The molecule has 0 bridgehead atoms. The normalized spacial score (nSPS) is 11.0. The highest BCUT2D eigenvalue weighted by molar-refractivity contribution is 5.95. The van der Waals surface area contributed by atoms with E-state index in [0.717, 1.165) is 31.6 Å². The second-order valence-corrected chi connectivity index (χ2v) is 5.74. The first-order chi connectivity index (χ1) is 11.0. The van der Waals surface area contributed by atoms with Gasteiger partial charge in [-0.1, -0.05) is 13.8 Å². The smallest absolute Gasteiger partial charge is 0.307 e. The highest BCUT2D eigenvalue weighted by Crippen LogP contribution is 2.33. The molecule has 4 nitrogen and oxygen atoms in total. The molecule has 1 aromatic heterocycles. The van der Waals surface area contributed by atoms with Crippen LogP contribution in [-0.4, -0.2) is 29.1 Å². The number of carboxylic acid groups (broad SMARTS) is 1. The van der Waals surface area contributed by atoms with Gasteiger partial charge in [0.1, 0.15) is 5.82 Å². The van der Waals surface area contributed by atoms with Gasteiger partial charge < -0.3 is 10.0 Å². The first kappa shape index (κ1) is 17.2. The summed E-state index contributed by atoms with van der Waals surface area (Å²) in [6.07, 6.45) is 1.76. The highest BCUT2D eigenvalue weighted by atomic mass is 19.1. The zero-order valence-corrected chi connectivity index (χ0v) is 13.9. The second kappa shape index (κ2) is 7.40. The van der Waals surface area contributed by atoms with Crippen molar-refractivity contribution in [1.82, 2.24) is 4.98 Å². The van der Waals surface area contributed by atoms with Gasteiger partial charge in [-0.2, -0.15) is 0 Å². The van der Waals surface area contributed by atoms with E-state index in [1.165, 1.54) is 12.1 Å². The number of carbonyl (C=O) groups is 1. The lowest BCUT2D eigenvalue weighted by atomic mass is 10.0. The molecule has 5 heteroatoms. The van der Waals surface area contributed by atoms with E-state index in [1.54, 1.807) is 6.07 Å². The number of pyridine rings is 1. The number of anilines is 1. The molecule has 0 radical (unpaired) electrons. The van der Waals surface area contributed by atoms with E-state index in [4.69, 9.17) is 0 Å². The Labute approximate surface area is 135 Å². The third kappa shape index (κ3) is 3.78. The van der Waals surface area contributed by atoms with Crippen molar-refractivity contribution in [3.63, 3.8) is 0 Å². The lowest BCUT2D eigenvalue weighted by Gasteiger charge is -2.28. The first-order valence-electron chi connectivity index (χ1n) is 8.03. The number of hydrogen-bond acceptors (Lipinski definition) is 3. The Morgan fingerprint density at radius 1 is 1.26 bits per heavy atom. The lowest BCUT2D eigenvalue weighted by Crippen LogP contribution is -2.27. The topological polar surface area (TPSA) is 53.4 Å². The predicted octanol–water partition coefficient (Wildman–Crippen LogP) is 3.94. The van der Waals surface area contributed by atoms with Gasteiger partial charge in [0.25, 0.3) is 0 Å². The molecule has 0 aliphatic carbocycles. The van der Waals surface area contributed by atoms with Gasteiger partial charge in [-0.15, -0.1) is 0 Å². The van der Waals surface area contributed by atoms with Crippen LogP contribution >= 0.6 is 0 Å². The number of nitrogens with zero attached hydrogens (tertiary/aromatic N) is 2. The summed E-state index contributed by atoms with van der Waals surface area (Å²) in [4.78, 5) is 17.9. The van der Waals surface area contributed by atoms with Crippen LogP contribution in [0, 0.1) is 12.7 Å². The zero-order valence-electron chi connectivity index (χ0n) is 13.9. The maximum absolute atomic E-state index is 13.8. The summed E-state index contributed by atoms with van der Waals surface area (Å²) in [5.41, 5.74) is 2.89. The summed E-state index contributed by atoms with van der Waals surface area (Å²) < 4.78 is 13.8. The molecule has 0 saturated heterocycles. The average Bonchev–Trinajstić information content (AvgIpc) is 2.48. The third-order valence-electron chi connectivity index (χ3n) is 3.86. The summed E-state index contributed by atoms with van der Waals surface area (Å²) in [7, 11) is 0. The van der Waals surface area contributed by atoms with Gasteiger partial charge in [0.15, 0.2) is 0 Å². The van der Waals surface area contributed by atoms with Crippen molar-refractivity contribution >= 4 is 22.6 Å². The Balaban J connectivity index is 2.76. The number of aromatic nitrogens is 1. The third-order valence-corrected chi connectivity index (χ3v) is 3.86. The van der Waals surface area contributed by atoms with Gasteiger partial charge >= 0.3 is 5.97 Å². The number of aryl methyl sites for hydroxylation is 1. The van der Waals surface area contributed by atoms with Crippen LogP contribution in [0.25, 0.3) is 10.9 Å². The number of carboxylic acids is 1. The quantitative estimate of drug-likeness (QED) is 0.840. The second-order valence-electron chi connectivity index (χ2n) is 5.74. The van der Waals surface area contributed by atoms with Crippen LogP contribution < -0.4 is 4.90 Å². The molecule has 0 aliphatic rings. The molecule has 1 heterocycles. The fourth-order valence-electron chi connectivity index (χ4n) is 2.98. The molecule has 0 aliphatic heterocycles. The van der Waals surface area contributed by atoms with Crippen LogP contribution in [0.3, 0.4) is 0 Å².